The number of anilines is 1. The number of methoxy groups -OCH3 is 2. The molecule has 0 atom stereocenters. The summed E-state index contributed by atoms with van der Waals surface area (Å²) >= 11 is 3.39. The van der Waals surface area contributed by atoms with E-state index < -0.39 is 0 Å². The fraction of sp³-hybridized carbons (Fsp3) is 0.167. The second kappa shape index (κ2) is 5.75. The van der Waals surface area contributed by atoms with Gasteiger partial charge in [-0.15, -0.1) is 0 Å². The molecular formula is C12H12BrN3O3. The van der Waals surface area contributed by atoms with Gasteiger partial charge >= 0.3 is 0 Å². The SMILES string of the molecule is COc1ccc(Oc2ncnc(OC)c2N)c(Br)c1. The molecule has 6 nitrogen and oxygen atoms in total. The zero-order valence-electron chi connectivity index (χ0n) is 10.4. The summed E-state index contributed by atoms with van der Waals surface area (Å²) in [5, 5.41) is 0. The number of nitrogens with two attached hydrogens (primary N) is 1. The number of ether oxygens (including phenoxy) is 3. The van der Waals surface area contributed by atoms with Gasteiger partial charge in [-0.3, -0.25) is 0 Å². The van der Waals surface area contributed by atoms with Crippen molar-refractivity contribution in [2.24, 2.45) is 0 Å². The van der Waals surface area contributed by atoms with E-state index in [1.165, 1.54) is 13.4 Å². The highest BCUT2D eigenvalue weighted by atomic mass is 79.9. The van der Waals surface area contributed by atoms with Crippen LogP contribution in [-0.2, 0) is 0 Å². The maximum absolute atomic E-state index is 5.83. The number of hydrogen-bond donors (Lipinski definition) is 1. The summed E-state index contributed by atoms with van der Waals surface area (Å²) in [4.78, 5) is 7.85. The largest absolute Gasteiger partial charge is 0.497 e. The van der Waals surface area contributed by atoms with Gasteiger partial charge in [0.1, 0.15) is 17.8 Å². The van der Waals surface area contributed by atoms with E-state index in [0.29, 0.717) is 11.5 Å². The standard InChI is InChI=1S/C12H12BrN3O3/c1-17-7-3-4-9(8(13)5-7)19-12-10(14)11(18-2)15-6-16-12/h3-6H,14H2,1-2H3. The van der Waals surface area contributed by atoms with Crippen LogP contribution in [0.25, 0.3) is 0 Å². The Balaban J connectivity index is 2.31. The van der Waals surface area contributed by atoms with E-state index in [1.807, 2.05) is 0 Å². The fourth-order valence-electron chi connectivity index (χ4n) is 1.40. The summed E-state index contributed by atoms with van der Waals surface area (Å²) in [5.74, 6) is 1.79. The quantitative estimate of drug-likeness (QED) is 0.930. The summed E-state index contributed by atoms with van der Waals surface area (Å²) < 4.78 is 16.5. The van der Waals surface area contributed by atoms with Gasteiger partial charge in [-0.2, -0.15) is 9.97 Å². The third-order valence-corrected chi connectivity index (χ3v) is 2.97. The molecule has 0 aliphatic heterocycles. The number of nitrogens with zero attached hydrogens (tertiary/aromatic N) is 2. The van der Waals surface area contributed by atoms with Gasteiger partial charge in [-0.1, -0.05) is 0 Å². The van der Waals surface area contributed by atoms with Crippen molar-refractivity contribution in [3.63, 3.8) is 0 Å². The average Bonchev–Trinajstić information content (AvgIpc) is 2.43. The molecule has 100 valence electrons. The van der Waals surface area contributed by atoms with Gasteiger partial charge in [0.2, 0.25) is 11.8 Å². The van der Waals surface area contributed by atoms with Crippen molar-refractivity contribution in [2.75, 3.05) is 20.0 Å². The summed E-state index contributed by atoms with van der Waals surface area (Å²) in [6.45, 7) is 0. The Bertz CT molecular complexity index is 592. The van der Waals surface area contributed by atoms with E-state index in [1.54, 1.807) is 25.3 Å². The van der Waals surface area contributed by atoms with Crippen LogP contribution in [0, 0.1) is 0 Å². The molecule has 0 aliphatic carbocycles. The molecule has 0 saturated heterocycles. The smallest absolute Gasteiger partial charge is 0.249 e. The van der Waals surface area contributed by atoms with Gasteiger partial charge in [0.15, 0.2) is 5.69 Å². The zero-order chi connectivity index (χ0) is 13.8. The second-order valence-corrected chi connectivity index (χ2v) is 4.35. The maximum atomic E-state index is 5.83. The minimum absolute atomic E-state index is 0.234. The van der Waals surface area contributed by atoms with Crippen LogP contribution >= 0.6 is 15.9 Å². The molecule has 0 saturated carbocycles. The van der Waals surface area contributed by atoms with Crippen LogP contribution in [-0.4, -0.2) is 24.2 Å². The lowest BCUT2D eigenvalue weighted by Crippen LogP contribution is -2.00. The minimum Gasteiger partial charge on any atom is -0.497 e. The van der Waals surface area contributed by atoms with Crippen LogP contribution in [0.5, 0.6) is 23.3 Å². The highest BCUT2D eigenvalue weighted by molar-refractivity contribution is 9.10. The maximum Gasteiger partial charge on any atom is 0.249 e. The average molecular weight is 326 g/mol. The van der Waals surface area contributed by atoms with Gasteiger partial charge in [-0.05, 0) is 34.1 Å². The van der Waals surface area contributed by atoms with Crippen LogP contribution in [0.4, 0.5) is 5.69 Å². The Morgan fingerprint density at radius 1 is 1.11 bits per heavy atom. The van der Waals surface area contributed by atoms with Crippen molar-refractivity contribution in [2.45, 2.75) is 0 Å². The Hall–Kier alpha value is -2.02. The van der Waals surface area contributed by atoms with E-state index in [2.05, 4.69) is 25.9 Å². The third-order valence-electron chi connectivity index (χ3n) is 2.35. The number of aromatic nitrogens is 2. The van der Waals surface area contributed by atoms with Crippen molar-refractivity contribution >= 4 is 21.6 Å². The zero-order valence-corrected chi connectivity index (χ0v) is 12.0. The topological polar surface area (TPSA) is 79.5 Å². The number of nitrogen functional groups attached to an aromatic ring is 1. The van der Waals surface area contributed by atoms with Crippen LogP contribution in [0.2, 0.25) is 0 Å². The lowest BCUT2D eigenvalue weighted by molar-refractivity contribution is 0.390. The van der Waals surface area contributed by atoms with Gasteiger partial charge in [0.05, 0.1) is 18.7 Å². The molecule has 0 aliphatic rings. The highest BCUT2D eigenvalue weighted by Gasteiger charge is 2.12. The monoisotopic (exact) mass is 325 g/mol. The Labute approximate surface area is 118 Å². The van der Waals surface area contributed by atoms with Crippen LogP contribution in [0.3, 0.4) is 0 Å². The minimum atomic E-state index is 0.234. The summed E-state index contributed by atoms with van der Waals surface area (Å²) in [6.07, 6.45) is 1.32. The lowest BCUT2D eigenvalue weighted by Gasteiger charge is -2.11. The summed E-state index contributed by atoms with van der Waals surface area (Å²) in [5.41, 5.74) is 6.08. The normalized spacial score (nSPS) is 10.1. The molecular weight excluding hydrogens is 314 g/mol. The molecule has 0 spiro atoms. The van der Waals surface area contributed by atoms with Crippen molar-refractivity contribution in [3.8, 4) is 23.3 Å². The summed E-state index contributed by atoms with van der Waals surface area (Å²) in [6, 6.07) is 5.30. The second-order valence-electron chi connectivity index (χ2n) is 3.50. The van der Waals surface area contributed by atoms with Gasteiger partial charge in [-0.25, -0.2) is 0 Å². The summed E-state index contributed by atoms with van der Waals surface area (Å²) in [7, 11) is 3.07. The van der Waals surface area contributed by atoms with Crippen molar-refractivity contribution < 1.29 is 14.2 Å². The van der Waals surface area contributed by atoms with Crippen molar-refractivity contribution in [1.82, 2.24) is 9.97 Å². The van der Waals surface area contributed by atoms with Crippen LogP contribution in [0.15, 0.2) is 29.0 Å². The first-order valence-corrected chi connectivity index (χ1v) is 6.11. The van der Waals surface area contributed by atoms with E-state index >= 15 is 0 Å². The molecule has 0 amide bonds. The molecule has 0 fully saturated rings. The molecule has 0 unspecified atom stereocenters. The third kappa shape index (κ3) is 2.87. The predicted molar refractivity (Wildman–Crippen MR) is 73.8 cm³/mol. The molecule has 0 bridgehead atoms. The predicted octanol–water partition coefficient (Wildman–Crippen LogP) is 2.63. The molecule has 1 heterocycles. The molecule has 19 heavy (non-hydrogen) atoms. The van der Waals surface area contributed by atoms with E-state index in [4.69, 9.17) is 19.9 Å². The molecule has 7 heteroatoms. The van der Waals surface area contributed by atoms with E-state index in [-0.39, 0.29) is 17.4 Å². The number of hydrogen-bond acceptors (Lipinski definition) is 6. The molecule has 0 radical (unpaired) electrons. The van der Waals surface area contributed by atoms with Gasteiger partial charge in [0, 0.05) is 0 Å². The lowest BCUT2D eigenvalue weighted by atomic mass is 10.3. The highest BCUT2D eigenvalue weighted by Crippen LogP contribution is 2.35. The van der Waals surface area contributed by atoms with E-state index in [0.717, 1.165) is 4.47 Å². The van der Waals surface area contributed by atoms with Crippen LogP contribution < -0.4 is 19.9 Å². The molecule has 2 N–H and O–H groups in total. The Morgan fingerprint density at radius 3 is 2.47 bits per heavy atom. The Kier molecular flexibility index (Phi) is 4.06. The first-order valence-electron chi connectivity index (χ1n) is 5.31. The fourth-order valence-corrected chi connectivity index (χ4v) is 1.84. The molecule has 1 aromatic heterocycles. The van der Waals surface area contributed by atoms with Crippen molar-refractivity contribution in [1.29, 1.82) is 0 Å². The first kappa shape index (κ1) is 13.4. The van der Waals surface area contributed by atoms with E-state index in [9.17, 15) is 0 Å². The number of benzene rings is 1. The van der Waals surface area contributed by atoms with Crippen LogP contribution in [0.1, 0.15) is 0 Å². The number of halogens is 1. The van der Waals surface area contributed by atoms with Crippen molar-refractivity contribution in [3.05, 3.63) is 29.0 Å². The first-order chi connectivity index (χ1) is 9.15. The number of rotatable bonds is 4. The van der Waals surface area contributed by atoms with Gasteiger partial charge < -0.3 is 19.9 Å². The van der Waals surface area contributed by atoms with Gasteiger partial charge in [0.25, 0.3) is 0 Å². The molecule has 2 aromatic rings. The Morgan fingerprint density at radius 2 is 1.84 bits per heavy atom. The molecule has 2 rings (SSSR count). The molecule has 1 aromatic carbocycles.